The van der Waals surface area contributed by atoms with Crippen LogP contribution < -0.4 is 5.32 Å². The number of amides is 3. The number of urea groups is 1. The van der Waals surface area contributed by atoms with E-state index in [1.807, 2.05) is 19.1 Å². The molecule has 1 aliphatic rings. The highest BCUT2D eigenvalue weighted by Crippen LogP contribution is 2.33. The predicted molar refractivity (Wildman–Crippen MR) is 125 cm³/mol. The van der Waals surface area contributed by atoms with Gasteiger partial charge in [-0.1, -0.05) is 0 Å². The number of anilines is 1. The first-order chi connectivity index (χ1) is 16.7. The minimum atomic E-state index is -0.860. The summed E-state index contributed by atoms with van der Waals surface area (Å²) >= 11 is 0. The number of ether oxygens (including phenoxy) is 2. The lowest BCUT2D eigenvalue weighted by molar-refractivity contribution is -0.0241. The van der Waals surface area contributed by atoms with Gasteiger partial charge in [0.1, 0.15) is 17.3 Å². The second-order valence-corrected chi connectivity index (χ2v) is 8.59. The van der Waals surface area contributed by atoms with Gasteiger partial charge in [0.15, 0.2) is 0 Å². The Hall–Kier alpha value is -3.73. The molecule has 0 radical (unpaired) electrons. The molecule has 2 aromatic heterocycles. The first kappa shape index (κ1) is 24.4. The van der Waals surface area contributed by atoms with Crippen molar-refractivity contribution in [1.82, 2.24) is 19.2 Å². The van der Waals surface area contributed by atoms with E-state index in [0.29, 0.717) is 24.5 Å². The highest BCUT2D eigenvalue weighted by atomic mass is 19.1. The van der Waals surface area contributed by atoms with Crippen molar-refractivity contribution in [3.8, 4) is 11.3 Å². The third-order valence-corrected chi connectivity index (χ3v) is 5.81. The van der Waals surface area contributed by atoms with Crippen LogP contribution in [0.25, 0.3) is 16.9 Å². The highest BCUT2D eigenvalue weighted by Gasteiger charge is 2.29. The molecule has 1 fully saturated rings. The van der Waals surface area contributed by atoms with Crippen LogP contribution in [-0.2, 0) is 15.9 Å². The van der Waals surface area contributed by atoms with Crippen molar-refractivity contribution in [2.24, 2.45) is 0 Å². The van der Waals surface area contributed by atoms with E-state index in [1.54, 1.807) is 10.6 Å². The summed E-state index contributed by atoms with van der Waals surface area (Å²) in [6.45, 7) is 2.88. The standard InChI is InChI=1S/C24H27F2N5O4/c1-14-5-6-31-19(12-16-13-30(7-8-35-16)24(33)34-4)22(28-20(31)9-14)21-17(25)10-15(11-18(21)26)27-23(32)29(2)3/h5-6,9-11,16H,7-8,12-13H2,1-4H3,(H,27,32)/t16-/m0/s1. The molecule has 35 heavy (non-hydrogen) atoms. The van der Waals surface area contributed by atoms with Gasteiger partial charge >= 0.3 is 12.1 Å². The fourth-order valence-electron chi connectivity index (χ4n) is 4.05. The number of carbonyl (C=O) groups excluding carboxylic acids is 2. The summed E-state index contributed by atoms with van der Waals surface area (Å²) < 4.78 is 43.0. The quantitative estimate of drug-likeness (QED) is 0.607. The van der Waals surface area contributed by atoms with Crippen molar-refractivity contribution in [1.29, 1.82) is 0 Å². The molecule has 3 amide bonds. The number of benzene rings is 1. The summed E-state index contributed by atoms with van der Waals surface area (Å²) in [6, 6.07) is 5.31. The van der Waals surface area contributed by atoms with E-state index in [4.69, 9.17) is 9.47 Å². The van der Waals surface area contributed by atoms with E-state index in [1.165, 1.54) is 31.0 Å². The van der Waals surface area contributed by atoms with Crippen LogP contribution in [0.15, 0.2) is 30.5 Å². The fraction of sp³-hybridized carbons (Fsp3) is 0.375. The van der Waals surface area contributed by atoms with Gasteiger partial charge in [0.25, 0.3) is 0 Å². The SMILES string of the molecule is COC(=O)N1CCO[C@@H](Cc2c(-c3c(F)cc(NC(=O)N(C)C)cc3F)nc3cc(C)ccn23)C1. The Morgan fingerprint density at radius 2 is 1.97 bits per heavy atom. The molecule has 1 N–H and O–H groups in total. The molecule has 1 atom stereocenters. The summed E-state index contributed by atoms with van der Waals surface area (Å²) in [5.41, 5.74) is 1.83. The van der Waals surface area contributed by atoms with Crippen LogP contribution in [0.4, 0.5) is 24.1 Å². The molecular weight excluding hydrogens is 460 g/mol. The first-order valence-electron chi connectivity index (χ1n) is 11.1. The maximum absolute atomic E-state index is 15.3. The Balaban J connectivity index is 1.75. The lowest BCUT2D eigenvalue weighted by Gasteiger charge is -2.32. The van der Waals surface area contributed by atoms with Crippen LogP contribution in [0.1, 0.15) is 11.3 Å². The number of nitrogens with zero attached hydrogens (tertiary/aromatic N) is 4. The van der Waals surface area contributed by atoms with E-state index in [0.717, 1.165) is 17.7 Å². The minimum absolute atomic E-state index is 0.00653. The summed E-state index contributed by atoms with van der Waals surface area (Å²) in [6.07, 6.45) is 1.16. The molecule has 0 unspecified atom stereocenters. The number of nitrogens with one attached hydrogen (secondary N) is 1. The smallest absolute Gasteiger partial charge is 0.409 e. The normalized spacial score (nSPS) is 15.8. The molecule has 11 heteroatoms. The summed E-state index contributed by atoms with van der Waals surface area (Å²) in [4.78, 5) is 31.2. The minimum Gasteiger partial charge on any atom is -0.453 e. The zero-order valence-corrected chi connectivity index (χ0v) is 20.0. The number of morpholine rings is 1. The number of halogens is 2. The number of imidazole rings is 1. The monoisotopic (exact) mass is 487 g/mol. The van der Waals surface area contributed by atoms with Gasteiger partial charge in [0.05, 0.1) is 43.3 Å². The molecule has 1 aromatic carbocycles. The maximum atomic E-state index is 15.3. The van der Waals surface area contributed by atoms with E-state index in [2.05, 4.69) is 10.3 Å². The summed E-state index contributed by atoms with van der Waals surface area (Å²) in [5, 5.41) is 2.45. The number of aryl methyl sites for hydroxylation is 1. The second-order valence-electron chi connectivity index (χ2n) is 8.59. The highest BCUT2D eigenvalue weighted by molar-refractivity contribution is 5.89. The van der Waals surface area contributed by atoms with Crippen LogP contribution in [0.5, 0.6) is 0 Å². The number of hydrogen-bond acceptors (Lipinski definition) is 5. The average molecular weight is 488 g/mol. The molecule has 4 rings (SSSR count). The fourth-order valence-corrected chi connectivity index (χ4v) is 4.05. The Bertz CT molecular complexity index is 1250. The van der Waals surface area contributed by atoms with Crippen LogP contribution in [0.3, 0.4) is 0 Å². The summed E-state index contributed by atoms with van der Waals surface area (Å²) in [7, 11) is 4.36. The van der Waals surface area contributed by atoms with Crippen molar-refractivity contribution >= 4 is 23.5 Å². The van der Waals surface area contributed by atoms with E-state index in [-0.39, 0.29) is 29.9 Å². The maximum Gasteiger partial charge on any atom is 0.409 e. The predicted octanol–water partition coefficient (Wildman–Crippen LogP) is 3.69. The van der Waals surface area contributed by atoms with Gasteiger partial charge in [0, 0.05) is 38.9 Å². The van der Waals surface area contributed by atoms with E-state index in [9.17, 15) is 9.59 Å². The third-order valence-electron chi connectivity index (χ3n) is 5.81. The number of fused-ring (bicyclic) bond motifs is 1. The number of hydrogen-bond donors (Lipinski definition) is 1. The molecule has 0 aliphatic carbocycles. The first-order valence-corrected chi connectivity index (χ1v) is 11.1. The van der Waals surface area contributed by atoms with Gasteiger partial charge in [-0.15, -0.1) is 0 Å². The van der Waals surface area contributed by atoms with Gasteiger partial charge in [-0.05, 0) is 36.8 Å². The number of carbonyl (C=O) groups is 2. The zero-order valence-electron chi connectivity index (χ0n) is 20.0. The van der Waals surface area contributed by atoms with Gasteiger partial charge in [-0.3, -0.25) is 0 Å². The molecule has 3 heterocycles. The number of rotatable bonds is 4. The molecular formula is C24H27F2N5O4. The molecule has 3 aromatic rings. The Labute approximate surface area is 201 Å². The van der Waals surface area contributed by atoms with Crippen LogP contribution in [-0.4, -0.2) is 78.3 Å². The van der Waals surface area contributed by atoms with Crippen LogP contribution in [0, 0.1) is 18.6 Å². The number of pyridine rings is 1. The Morgan fingerprint density at radius 1 is 1.26 bits per heavy atom. The zero-order chi connectivity index (χ0) is 25.3. The van der Waals surface area contributed by atoms with Crippen molar-refractivity contribution in [2.45, 2.75) is 19.4 Å². The van der Waals surface area contributed by atoms with Crippen molar-refractivity contribution in [3.05, 3.63) is 53.4 Å². The van der Waals surface area contributed by atoms with Gasteiger partial charge in [-0.2, -0.15) is 0 Å². The Morgan fingerprint density at radius 3 is 2.63 bits per heavy atom. The lowest BCUT2D eigenvalue weighted by atomic mass is 10.0. The number of aromatic nitrogens is 2. The van der Waals surface area contributed by atoms with Crippen molar-refractivity contribution in [3.63, 3.8) is 0 Å². The molecule has 0 bridgehead atoms. The molecule has 186 valence electrons. The van der Waals surface area contributed by atoms with Crippen molar-refractivity contribution < 1.29 is 27.8 Å². The third kappa shape index (κ3) is 5.04. The van der Waals surface area contributed by atoms with E-state index < -0.39 is 29.9 Å². The summed E-state index contributed by atoms with van der Waals surface area (Å²) in [5.74, 6) is -1.72. The van der Waals surface area contributed by atoms with Crippen LogP contribution in [0.2, 0.25) is 0 Å². The van der Waals surface area contributed by atoms with E-state index >= 15 is 8.78 Å². The average Bonchev–Trinajstić information content (AvgIpc) is 3.14. The largest absolute Gasteiger partial charge is 0.453 e. The van der Waals surface area contributed by atoms with Crippen molar-refractivity contribution in [2.75, 3.05) is 46.2 Å². The lowest BCUT2D eigenvalue weighted by Crippen LogP contribution is -2.46. The van der Waals surface area contributed by atoms with Gasteiger partial charge in [0.2, 0.25) is 0 Å². The topological polar surface area (TPSA) is 88.4 Å². The number of methoxy groups -OCH3 is 1. The Kier molecular flexibility index (Phi) is 6.88. The molecule has 1 aliphatic heterocycles. The molecule has 9 nitrogen and oxygen atoms in total. The molecule has 1 saturated heterocycles. The second kappa shape index (κ2) is 9.87. The van der Waals surface area contributed by atoms with Gasteiger partial charge in [-0.25, -0.2) is 23.4 Å². The van der Waals surface area contributed by atoms with Gasteiger partial charge < -0.3 is 29.0 Å². The molecule has 0 spiro atoms. The van der Waals surface area contributed by atoms with Crippen LogP contribution >= 0.6 is 0 Å². The molecule has 0 saturated carbocycles.